The summed E-state index contributed by atoms with van der Waals surface area (Å²) in [5.74, 6) is 0. The van der Waals surface area contributed by atoms with Gasteiger partial charge in [0.1, 0.15) is 0 Å². The Balaban J connectivity index is 2.04. The first-order chi connectivity index (χ1) is 8.90. The average Bonchev–Trinajstić information content (AvgIpc) is 2.45. The van der Waals surface area contributed by atoms with Crippen molar-refractivity contribution in [1.29, 1.82) is 0 Å². The lowest BCUT2D eigenvalue weighted by Crippen LogP contribution is -1.96. The third kappa shape index (κ3) is 3.38. The van der Waals surface area contributed by atoms with Gasteiger partial charge in [-0.25, -0.2) is 0 Å². The highest BCUT2D eigenvalue weighted by molar-refractivity contribution is 5.54. The molecule has 0 atom stereocenters. The van der Waals surface area contributed by atoms with Crippen LogP contribution in [0.1, 0.15) is 12.0 Å². The zero-order valence-corrected chi connectivity index (χ0v) is 9.95. The summed E-state index contributed by atoms with van der Waals surface area (Å²) in [5.41, 5.74) is 2.90. The van der Waals surface area contributed by atoms with Crippen LogP contribution in [0.2, 0.25) is 0 Å². The molecule has 0 spiro atoms. The monoisotopic (exact) mass is 242 g/mol. The standard InChI is InChI=1S/C14H14N2O2/c17-11-18-9-3-4-12-6-8-16-14(10-12)13-5-1-2-7-15-13/h1-2,5-8,10-11H,3-4,9H2. The number of hydrogen-bond donors (Lipinski definition) is 0. The van der Waals surface area contributed by atoms with Gasteiger partial charge >= 0.3 is 0 Å². The minimum absolute atomic E-state index is 0.449. The van der Waals surface area contributed by atoms with Crippen molar-refractivity contribution in [3.8, 4) is 11.4 Å². The van der Waals surface area contributed by atoms with Crippen LogP contribution in [0.3, 0.4) is 0 Å². The molecule has 0 aliphatic rings. The second kappa shape index (κ2) is 6.49. The Labute approximate surface area is 106 Å². The normalized spacial score (nSPS) is 10.0. The third-order valence-corrected chi connectivity index (χ3v) is 2.55. The van der Waals surface area contributed by atoms with E-state index in [0.29, 0.717) is 13.1 Å². The molecule has 18 heavy (non-hydrogen) atoms. The predicted octanol–water partition coefficient (Wildman–Crippen LogP) is 2.25. The molecule has 2 aromatic heterocycles. The van der Waals surface area contributed by atoms with E-state index in [1.165, 1.54) is 5.56 Å². The van der Waals surface area contributed by atoms with Gasteiger partial charge in [0.25, 0.3) is 6.47 Å². The third-order valence-electron chi connectivity index (χ3n) is 2.55. The predicted molar refractivity (Wildman–Crippen MR) is 67.8 cm³/mol. The number of rotatable bonds is 6. The fraction of sp³-hybridized carbons (Fsp3) is 0.214. The van der Waals surface area contributed by atoms with E-state index in [1.807, 2.05) is 30.3 Å². The summed E-state index contributed by atoms with van der Waals surface area (Å²) in [7, 11) is 0. The molecular weight excluding hydrogens is 228 g/mol. The van der Waals surface area contributed by atoms with Gasteiger partial charge in [-0.15, -0.1) is 0 Å². The molecule has 0 amide bonds. The van der Waals surface area contributed by atoms with Gasteiger partial charge in [-0.05, 0) is 42.7 Å². The van der Waals surface area contributed by atoms with E-state index in [-0.39, 0.29) is 0 Å². The molecule has 2 aromatic rings. The first-order valence-electron chi connectivity index (χ1n) is 5.82. The fourth-order valence-corrected chi connectivity index (χ4v) is 1.69. The van der Waals surface area contributed by atoms with Gasteiger partial charge in [-0.1, -0.05) is 6.07 Å². The number of aryl methyl sites for hydroxylation is 1. The van der Waals surface area contributed by atoms with Gasteiger partial charge in [0, 0.05) is 12.4 Å². The van der Waals surface area contributed by atoms with Crippen molar-refractivity contribution >= 4 is 6.47 Å². The lowest BCUT2D eigenvalue weighted by atomic mass is 10.1. The molecule has 0 saturated heterocycles. The van der Waals surface area contributed by atoms with Gasteiger partial charge in [0.2, 0.25) is 0 Å². The number of carbonyl (C=O) groups is 1. The highest BCUT2D eigenvalue weighted by Gasteiger charge is 2.01. The number of pyridine rings is 2. The summed E-state index contributed by atoms with van der Waals surface area (Å²) in [5, 5.41) is 0. The van der Waals surface area contributed by atoms with Crippen LogP contribution < -0.4 is 0 Å². The van der Waals surface area contributed by atoms with Gasteiger partial charge < -0.3 is 4.74 Å². The Hall–Kier alpha value is -2.23. The molecule has 4 nitrogen and oxygen atoms in total. The minimum atomic E-state index is 0.449. The number of ether oxygens (including phenoxy) is 1. The van der Waals surface area contributed by atoms with E-state index < -0.39 is 0 Å². The van der Waals surface area contributed by atoms with Crippen LogP contribution in [-0.4, -0.2) is 23.0 Å². The van der Waals surface area contributed by atoms with Gasteiger partial charge in [0.05, 0.1) is 18.0 Å². The van der Waals surface area contributed by atoms with Crippen LogP contribution in [-0.2, 0) is 16.0 Å². The number of aromatic nitrogens is 2. The summed E-state index contributed by atoms with van der Waals surface area (Å²) in [6.45, 7) is 0.927. The van der Waals surface area contributed by atoms with E-state index >= 15 is 0 Å². The van der Waals surface area contributed by atoms with Gasteiger partial charge in [-0.2, -0.15) is 0 Å². The fourth-order valence-electron chi connectivity index (χ4n) is 1.69. The number of hydrogen-bond acceptors (Lipinski definition) is 4. The topological polar surface area (TPSA) is 52.1 Å². The van der Waals surface area contributed by atoms with Crippen molar-refractivity contribution in [1.82, 2.24) is 9.97 Å². The van der Waals surface area contributed by atoms with Gasteiger partial charge in [0.15, 0.2) is 0 Å². The maximum absolute atomic E-state index is 10.0. The molecule has 0 aliphatic heterocycles. The Kier molecular flexibility index (Phi) is 4.41. The molecule has 0 bridgehead atoms. The molecule has 2 heterocycles. The molecular formula is C14H14N2O2. The molecule has 2 rings (SSSR count). The van der Waals surface area contributed by atoms with E-state index in [1.54, 1.807) is 12.4 Å². The van der Waals surface area contributed by atoms with Crippen molar-refractivity contribution in [3.05, 3.63) is 48.3 Å². The van der Waals surface area contributed by atoms with Crippen LogP contribution in [0.4, 0.5) is 0 Å². The maximum atomic E-state index is 10.0. The van der Waals surface area contributed by atoms with Crippen molar-refractivity contribution in [2.75, 3.05) is 6.61 Å². The van der Waals surface area contributed by atoms with Crippen molar-refractivity contribution in [3.63, 3.8) is 0 Å². The number of carbonyl (C=O) groups excluding carboxylic acids is 1. The van der Waals surface area contributed by atoms with Crippen LogP contribution in [0.25, 0.3) is 11.4 Å². The molecule has 0 N–H and O–H groups in total. The van der Waals surface area contributed by atoms with E-state index in [4.69, 9.17) is 0 Å². The van der Waals surface area contributed by atoms with Crippen LogP contribution in [0.15, 0.2) is 42.7 Å². The van der Waals surface area contributed by atoms with E-state index in [2.05, 4.69) is 14.7 Å². The van der Waals surface area contributed by atoms with E-state index in [0.717, 1.165) is 24.2 Å². The second-order valence-electron chi connectivity index (χ2n) is 3.83. The van der Waals surface area contributed by atoms with Crippen molar-refractivity contribution < 1.29 is 9.53 Å². The molecule has 0 saturated carbocycles. The Morgan fingerprint density at radius 1 is 1.11 bits per heavy atom. The highest BCUT2D eigenvalue weighted by atomic mass is 16.5. The Morgan fingerprint density at radius 2 is 2.00 bits per heavy atom. The first-order valence-corrected chi connectivity index (χ1v) is 5.82. The quantitative estimate of drug-likeness (QED) is 0.576. The summed E-state index contributed by atoms with van der Waals surface area (Å²) in [6, 6.07) is 9.73. The van der Waals surface area contributed by atoms with Gasteiger partial charge in [-0.3, -0.25) is 14.8 Å². The SMILES string of the molecule is O=COCCCc1ccnc(-c2ccccn2)c1. The largest absolute Gasteiger partial charge is 0.468 e. The Bertz CT molecular complexity index is 500. The van der Waals surface area contributed by atoms with Crippen LogP contribution in [0.5, 0.6) is 0 Å². The Morgan fingerprint density at radius 3 is 2.78 bits per heavy atom. The molecule has 92 valence electrons. The van der Waals surface area contributed by atoms with Crippen LogP contribution >= 0.6 is 0 Å². The molecule has 0 aliphatic carbocycles. The first kappa shape index (κ1) is 12.2. The summed E-state index contributed by atoms with van der Waals surface area (Å²) >= 11 is 0. The average molecular weight is 242 g/mol. The molecule has 0 unspecified atom stereocenters. The summed E-state index contributed by atoms with van der Waals surface area (Å²) in [4.78, 5) is 18.6. The van der Waals surface area contributed by atoms with Crippen molar-refractivity contribution in [2.45, 2.75) is 12.8 Å². The maximum Gasteiger partial charge on any atom is 0.293 e. The second-order valence-corrected chi connectivity index (χ2v) is 3.83. The lowest BCUT2D eigenvalue weighted by molar-refractivity contribution is -0.128. The smallest absolute Gasteiger partial charge is 0.293 e. The zero-order valence-electron chi connectivity index (χ0n) is 9.95. The lowest BCUT2D eigenvalue weighted by Gasteiger charge is -2.04. The summed E-state index contributed by atoms with van der Waals surface area (Å²) < 4.78 is 4.66. The molecule has 4 heteroatoms. The highest BCUT2D eigenvalue weighted by Crippen LogP contribution is 2.15. The van der Waals surface area contributed by atoms with E-state index in [9.17, 15) is 4.79 Å². The number of nitrogens with zero attached hydrogens (tertiary/aromatic N) is 2. The zero-order chi connectivity index (χ0) is 12.6. The van der Waals surface area contributed by atoms with Crippen molar-refractivity contribution in [2.24, 2.45) is 0 Å². The minimum Gasteiger partial charge on any atom is -0.468 e. The molecule has 0 fully saturated rings. The van der Waals surface area contributed by atoms with Crippen LogP contribution in [0, 0.1) is 0 Å². The molecule has 0 radical (unpaired) electrons. The summed E-state index contributed by atoms with van der Waals surface area (Å²) in [6.07, 6.45) is 5.20. The molecule has 0 aromatic carbocycles.